The fourth-order valence-electron chi connectivity index (χ4n) is 3.51. The van der Waals surface area contributed by atoms with Crippen LogP contribution in [-0.4, -0.2) is 54.7 Å². The minimum absolute atomic E-state index is 0.0148. The van der Waals surface area contributed by atoms with Crippen molar-refractivity contribution in [2.45, 2.75) is 24.2 Å². The molecule has 21 heavy (non-hydrogen) atoms. The predicted octanol–water partition coefficient (Wildman–Crippen LogP) is -1.61. The molecule has 0 bridgehead atoms. The average Bonchev–Trinajstić information content (AvgIpc) is 3.05. The summed E-state index contributed by atoms with van der Waals surface area (Å²) in [6.07, 6.45) is 1.13. The van der Waals surface area contributed by atoms with Gasteiger partial charge >= 0.3 is 0 Å². The Balaban J connectivity index is 1.89. The maximum atomic E-state index is 11.8. The summed E-state index contributed by atoms with van der Waals surface area (Å²) in [6.45, 7) is 0.453. The summed E-state index contributed by atoms with van der Waals surface area (Å²) < 4.78 is 6.93. The smallest absolute Gasteiger partial charge is 0.280 e. The number of rotatable bonds is 1. The van der Waals surface area contributed by atoms with Crippen LogP contribution >= 0.6 is 0 Å². The van der Waals surface area contributed by atoms with Gasteiger partial charge in [-0.3, -0.25) is 9.78 Å². The van der Waals surface area contributed by atoms with Crippen LogP contribution in [0.4, 0.5) is 5.95 Å². The molecule has 0 radical (unpaired) electrons. The van der Waals surface area contributed by atoms with Gasteiger partial charge in [-0.25, -0.2) is 4.98 Å². The number of nitrogens with one attached hydrogen (secondary N) is 1. The molecule has 9 nitrogen and oxygen atoms in total. The first-order chi connectivity index (χ1) is 10.0. The molecule has 2 aromatic rings. The van der Waals surface area contributed by atoms with Crippen LogP contribution in [0.1, 0.15) is 12.5 Å². The van der Waals surface area contributed by atoms with E-state index in [-0.39, 0.29) is 24.0 Å². The number of anilines is 1. The first-order valence-corrected chi connectivity index (χ1v) is 6.71. The lowest BCUT2D eigenvalue weighted by atomic mass is 9.91. The highest BCUT2D eigenvalue weighted by Gasteiger charge is 2.58. The molecule has 112 valence electrons. The van der Waals surface area contributed by atoms with Crippen LogP contribution in [0, 0.1) is 5.92 Å². The Labute approximate surface area is 118 Å². The molecular formula is C12H15N5O4. The third kappa shape index (κ3) is 1.59. The summed E-state index contributed by atoms with van der Waals surface area (Å²) in [5.74, 6) is -0.363. The molecule has 0 amide bonds. The van der Waals surface area contributed by atoms with Gasteiger partial charge in [-0.15, -0.1) is 0 Å². The van der Waals surface area contributed by atoms with Gasteiger partial charge in [0.25, 0.3) is 5.56 Å². The Morgan fingerprint density at radius 3 is 3.19 bits per heavy atom. The first-order valence-electron chi connectivity index (χ1n) is 6.71. The lowest BCUT2D eigenvalue weighted by molar-refractivity contribution is -0.0250. The molecule has 4 rings (SSSR count). The maximum Gasteiger partial charge on any atom is 0.280 e. The van der Waals surface area contributed by atoms with Crippen molar-refractivity contribution in [2.24, 2.45) is 5.92 Å². The van der Waals surface area contributed by atoms with Crippen LogP contribution in [0.15, 0.2) is 11.1 Å². The quantitative estimate of drug-likeness (QED) is 0.495. The summed E-state index contributed by atoms with van der Waals surface area (Å²) in [5, 5.41) is 21.0. The van der Waals surface area contributed by atoms with Gasteiger partial charge in [0.15, 0.2) is 11.2 Å². The zero-order valence-electron chi connectivity index (χ0n) is 11.1. The number of aliphatic hydroxyl groups excluding tert-OH is 1. The number of aliphatic hydroxyl groups is 2. The van der Waals surface area contributed by atoms with Crippen molar-refractivity contribution in [3.05, 3.63) is 16.7 Å². The van der Waals surface area contributed by atoms with Crippen molar-refractivity contribution in [3.63, 3.8) is 0 Å². The molecule has 2 fully saturated rings. The van der Waals surface area contributed by atoms with Crippen LogP contribution in [0.5, 0.6) is 0 Å². The number of ether oxygens (including phenoxy) is 1. The summed E-state index contributed by atoms with van der Waals surface area (Å²) in [7, 11) is 0. The Bertz CT molecular complexity index is 771. The van der Waals surface area contributed by atoms with Crippen molar-refractivity contribution in [3.8, 4) is 0 Å². The molecule has 1 saturated carbocycles. The third-order valence-corrected chi connectivity index (χ3v) is 4.57. The predicted molar refractivity (Wildman–Crippen MR) is 71.5 cm³/mol. The summed E-state index contributed by atoms with van der Waals surface area (Å²) >= 11 is 0. The second-order valence-electron chi connectivity index (χ2n) is 5.71. The number of aromatic nitrogens is 4. The Kier molecular flexibility index (Phi) is 2.44. The van der Waals surface area contributed by atoms with Crippen molar-refractivity contribution in [1.82, 2.24) is 19.5 Å². The minimum Gasteiger partial charge on any atom is -0.393 e. The van der Waals surface area contributed by atoms with Gasteiger partial charge in [0, 0.05) is 5.92 Å². The van der Waals surface area contributed by atoms with Crippen molar-refractivity contribution in [1.29, 1.82) is 0 Å². The molecule has 3 heterocycles. The van der Waals surface area contributed by atoms with E-state index in [1.54, 1.807) is 4.57 Å². The van der Waals surface area contributed by atoms with Crippen LogP contribution in [0.2, 0.25) is 0 Å². The second kappa shape index (κ2) is 4.03. The zero-order valence-corrected chi connectivity index (χ0v) is 11.1. The Morgan fingerprint density at radius 2 is 2.38 bits per heavy atom. The van der Waals surface area contributed by atoms with E-state index >= 15 is 0 Å². The minimum atomic E-state index is -1.19. The van der Waals surface area contributed by atoms with Crippen molar-refractivity contribution in [2.75, 3.05) is 18.9 Å². The van der Waals surface area contributed by atoms with Crippen LogP contribution in [0.3, 0.4) is 0 Å². The molecule has 2 aliphatic rings. The zero-order chi connectivity index (χ0) is 14.8. The van der Waals surface area contributed by atoms with Gasteiger partial charge in [-0.05, 0) is 6.42 Å². The van der Waals surface area contributed by atoms with Crippen LogP contribution in [0.25, 0.3) is 11.2 Å². The molecule has 0 spiro atoms. The molecule has 1 aliphatic carbocycles. The summed E-state index contributed by atoms with van der Waals surface area (Å²) in [5.41, 5.74) is 4.41. The number of fused-ring (bicyclic) bond motifs is 2. The molecule has 1 aliphatic heterocycles. The fraction of sp³-hybridized carbons (Fsp3) is 0.583. The number of aromatic amines is 1. The standard InChI is InChI=1S/C12H15N5O4/c13-11-15-9-8(10(19)16-11)14-4-17(9)7-1-6(18)5-2-21-3-12(5,7)20/h4-7,18,20H,1-3H2,(H3,13,15,16,19)/t5?,6-,7-,12-/m0/s1. The number of nitrogens with zero attached hydrogens (tertiary/aromatic N) is 3. The van der Waals surface area contributed by atoms with Gasteiger partial charge in [0.05, 0.1) is 31.7 Å². The van der Waals surface area contributed by atoms with E-state index in [1.807, 2.05) is 0 Å². The molecule has 0 aromatic carbocycles. The lowest BCUT2D eigenvalue weighted by Gasteiger charge is -2.28. The SMILES string of the molecule is Nc1nc2c(ncn2[C@H]2C[C@H](O)C3COC[C@]32O)c(=O)[nH]1. The summed E-state index contributed by atoms with van der Waals surface area (Å²) in [6, 6.07) is -0.460. The number of hydrogen-bond donors (Lipinski definition) is 4. The number of nitrogen functional groups attached to an aromatic ring is 1. The first kappa shape index (κ1) is 12.7. The number of hydrogen-bond acceptors (Lipinski definition) is 7. The third-order valence-electron chi connectivity index (χ3n) is 4.57. The van der Waals surface area contributed by atoms with E-state index in [1.165, 1.54) is 6.33 Å². The van der Waals surface area contributed by atoms with Gasteiger partial charge < -0.3 is 25.3 Å². The highest BCUT2D eigenvalue weighted by atomic mass is 16.5. The average molecular weight is 293 g/mol. The molecule has 4 atom stereocenters. The van der Waals surface area contributed by atoms with Gasteiger partial charge in [-0.1, -0.05) is 0 Å². The molecule has 5 N–H and O–H groups in total. The van der Waals surface area contributed by atoms with E-state index in [0.29, 0.717) is 18.7 Å². The van der Waals surface area contributed by atoms with Crippen molar-refractivity contribution >= 4 is 17.1 Å². The second-order valence-corrected chi connectivity index (χ2v) is 5.71. The van der Waals surface area contributed by atoms with Gasteiger partial charge in [0.1, 0.15) is 5.60 Å². The number of imidazole rings is 1. The van der Waals surface area contributed by atoms with Gasteiger partial charge in [-0.2, -0.15) is 4.98 Å². The molecule has 1 saturated heterocycles. The molecule has 9 heteroatoms. The Hall–Kier alpha value is -1.97. The molecular weight excluding hydrogens is 278 g/mol. The highest BCUT2D eigenvalue weighted by Crippen LogP contribution is 2.48. The van der Waals surface area contributed by atoms with E-state index in [4.69, 9.17) is 10.5 Å². The van der Waals surface area contributed by atoms with Crippen LogP contribution < -0.4 is 11.3 Å². The maximum absolute atomic E-state index is 11.8. The highest BCUT2D eigenvalue weighted by molar-refractivity contribution is 5.70. The number of H-pyrrole nitrogens is 1. The van der Waals surface area contributed by atoms with E-state index in [9.17, 15) is 15.0 Å². The van der Waals surface area contributed by atoms with Crippen molar-refractivity contribution < 1.29 is 14.9 Å². The van der Waals surface area contributed by atoms with Gasteiger partial charge in [0.2, 0.25) is 5.95 Å². The fourth-order valence-corrected chi connectivity index (χ4v) is 3.51. The van der Waals surface area contributed by atoms with Crippen LogP contribution in [-0.2, 0) is 4.74 Å². The summed E-state index contributed by atoms with van der Waals surface area (Å²) in [4.78, 5) is 22.3. The largest absolute Gasteiger partial charge is 0.393 e. The van der Waals surface area contributed by atoms with E-state index in [0.717, 1.165) is 0 Å². The van der Waals surface area contributed by atoms with E-state index in [2.05, 4.69) is 15.0 Å². The molecule has 2 aromatic heterocycles. The lowest BCUT2D eigenvalue weighted by Crippen LogP contribution is -2.41. The Morgan fingerprint density at radius 1 is 1.57 bits per heavy atom. The molecule has 1 unspecified atom stereocenters. The monoisotopic (exact) mass is 293 g/mol. The topological polar surface area (TPSA) is 139 Å². The normalized spacial score (nSPS) is 35.4. The van der Waals surface area contributed by atoms with E-state index < -0.39 is 23.3 Å². The number of nitrogens with two attached hydrogens (primary N) is 1.